The largest absolute Gasteiger partial charge is 0.464 e. The molecule has 7 heterocycles. The number of benzene rings is 2. The molecule has 3 aliphatic heterocycles. The number of nitrogens with one attached hydrogen (secondary N) is 4. The zero-order chi connectivity index (χ0) is 48.4. The molecule has 3 fully saturated rings. The van der Waals surface area contributed by atoms with Crippen molar-refractivity contribution in [2.24, 2.45) is 11.8 Å². The van der Waals surface area contributed by atoms with E-state index in [2.05, 4.69) is 30.6 Å². The molecule has 0 radical (unpaired) electrons. The van der Waals surface area contributed by atoms with Crippen LogP contribution in [0.25, 0.3) is 44.7 Å². The van der Waals surface area contributed by atoms with Crippen LogP contribution < -0.4 is 15.4 Å². The minimum Gasteiger partial charge on any atom is -0.464 e. The second-order valence-corrected chi connectivity index (χ2v) is 20.0. The van der Waals surface area contributed by atoms with Gasteiger partial charge in [0.15, 0.2) is 5.82 Å². The standard InChI is InChI=1S/C49H54F2N10O7S/c1-23(2)39(57-48(64)66-5)45(62)59-15-7-9-33(59)42-52-20-30(55-42)26-13-14-32-28(17-26)38(51)41-37-29(50)18-27(19-35(37)68-47(61(32)41)36-22-54-44(69-36)25-11-12-25)31-21-53-43(56-31)34-10-8-16-60(34)46(63)40(24(3)4)58-49(65)67-6/h13-14,17-25,33-34,39-40,47H,7-12,15-16H2,1-6H3,(H,52,55)(H,53,56)(H,57,64)(H,58,65)/t33-,34?,39?,40-,47?/m0/s1. The number of alkyl carbamates (subject to hydrolysis) is 2. The number of methoxy groups -OCH3 is 2. The Labute approximate surface area is 400 Å². The first kappa shape index (κ1) is 45.9. The number of aromatic nitrogens is 6. The molecule has 20 heteroatoms. The van der Waals surface area contributed by atoms with Gasteiger partial charge in [0.2, 0.25) is 18.0 Å². The van der Waals surface area contributed by atoms with Crippen molar-refractivity contribution in [3.63, 3.8) is 0 Å². The Morgan fingerprint density at radius 3 is 1.90 bits per heavy atom. The number of ether oxygens (including phenoxy) is 3. The molecule has 4 amide bonds. The third-order valence-electron chi connectivity index (χ3n) is 13.7. The average molecular weight is 965 g/mol. The zero-order valence-electron chi connectivity index (χ0n) is 39.1. The van der Waals surface area contributed by atoms with Gasteiger partial charge in [0, 0.05) is 41.7 Å². The molecule has 4 aliphatic rings. The number of amides is 4. The number of halogens is 2. The zero-order valence-corrected chi connectivity index (χ0v) is 39.9. The maximum absolute atomic E-state index is 17.4. The van der Waals surface area contributed by atoms with Crippen LogP contribution in [0.1, 0.15) is 112 Å². The van der Waals surface area contributed by atoms with E-state index in [1.165, 1.54) is 31.6 Å². The fraction of sp³-hybridized carbons (Fsp3) is 0.449. The Morgan fingerprint density at radius 2 is 1.35 bits per heavy atom. The van der Waals surface area contributed by atoms with Gasteiger partial charge in [-0.1, -0.05) is 33.8 Å². The maximum Gasteiger partial charge on any atom is 0.407 e. The lowest BCUT2D eigenvalue weighted by atomic mass is 10.0. The predicted octanol–water partition coefficient (Wildman–Crippen LogP) is 8.73. The van der Waals surface area contributed by atoms with E-state index in [0.717, 1.165) is 35.6 Å². The van der Waals surface area contributed by atoms with Crippen molar-refractivity contribution in [1.82, 2.24) is 49.9 Å². The van der Waals surface area contributed by atoms with E-state index in [9.17, 15) is 19.2 Å². The second-order valence-electron chi connectivity index (χ2n) is 18.9. The first-order valence-corrected chi connectivity index (χ1v) is 24.3. The van der Waals surface area contributed by atoms with E-state index in [1.54, 1.807) is 51.2 Å². The van der Waals surface area contributed by atoms with E-state index >= 15 is 8.78 Å². The molecular formula is C49H54F2N10O7S. The highest BCUT2D eigenvalue weighted by atomic mass is 32.1. The van der Waals surface area contributed by atoms with Gasteiger partial charge in [0.05, 0.1) is 76.7 Å². The van der Waals surface area contributed by atoms with Crippen LogP contribution in [-0.2, 0) is 19.1 Å². The van der Waals surface area contributed by atoms with Crippen molar-refractivity contribution < 1.29 is 42.2 Å². The molecule has 17 nitrogen and oxygen atoms in total. The van der Waals surface area contributed by atoms with E-state index in [4.69, 9.17) is 19.2 Å². The fourth-order valence-corrected chi connectivity index (χ4v) is 11.1. The first-order valence-electron chi connectivity index (χ1n) is 23.4. The number of aromatic amines is 2. The number of carbonyl (C=O) groups excluding carboxylic acids is 4. The molecule has 4 N–H and O–H groups in total. The molecule has 2 saturated heterocycles. The van der Waals surface area contributed by atoms with Crippen LogP contribution >= 0.6 is 11.3 Å². The Kier molecular flexibility index (Phi) is 12.1. The number of carbonyl (C=O) groups is 4. The number of hydrogen-bond acceptors (Lipinski definition) is 11. The molecule has 1 aliphatic carbocycles. The minimum absolute atomic E-state index is 0.0291. The van der Waals surface area contributed by atoms with E-state index in [1.807, 2.05) is 33.8 Å². The van der Waals surface area contributed by atoms with Crippen molar-refractivity contribution in [3.05, 3.63) is 82.1 Å². The number of fused-ring (bicyclic) bond motifs is 5. The normalized spacial score (nSPS) is 19.7. The van der Waals surface area contributed by atoms with Gasteiger partial charge in [0.25, 0.3) is 0 Å². The molecule has 6 aromatic rings. The summed E-state index contributed by atoms with van der Waals surface area (Å²) in [7, 11) is 2.51. The lowest BCUT2D eigenvalue weighted by Gasteiger charge is -2.30. The van der Waals surface area contributed by atoms with E-state index in [0.29, 0.717) is 71.5 Å². The van der Waals surface area contributed by atoms with Gasteiger partial charge in [-0.05, 0) is 74.6 Å². The summed E-state index contributed by atoms with van der Waals surface area (Å²) < 4.78 is 52.3. The topological polar surface area (TPSA) is 202 Å². The number of hydrogen-bond donors (Lipinski definition) is 4. The van der Waals surface area contributed by atoms with Crippen molar-refractivity contribution in [3.8, 4) is 39.5 Å². The highest BCUT2D eigenvalue weighted by Gasteiger charge is 2.41. The van der Waals surface area contributed by atoms with Crippen LogP contribution in [0.3, 0.4) is 0 Å². The summed E-state index contributed by atoms with van der Waals surface area (Å²) in [6.45, 7) is 8.38. The summed E-state index contributed by atoms with van der Waals surface area (Å²) in [6.07, 6.45) is 7.60. The van der Waals surface area contributed by atoms with Crippen LogP contribution in [0.5, 0.6) is 5.75 Å². The van der Waals surface area contributed by atoms with Crippen LogP contribution in [0.2, 0.25) is 0 Å². The molecule has 0 bridgehead atoms. The number of likely N-dealkylation sites (tertiary alicyclic amines) is 2. The Bertz CT molecular complexity index is 2980. The second kappa shape index (κ2) is 18.2. The minimum atomic E-state index is -0.874. The number of thiazole rings is 1. The van der Waals surface area contributed by atoms with Gasteiger partial charge in [-0.15, -0.1) is 11.3 Å². The van der Waals surface area contributed by atoms with Crippen molar-refractivity contribution in [2.75, 3.05) is 27.3 Å². The summed E-state index contributed by atoms with van der Waals surface area (Å²) in [5, 5.41) is 6.56. The molecule has 1 saturated carbocycles. The first-order chi connectivity index (χ1) is 33.2. The number of rotatable bonds is 12. The van der Waals surface area contributed by atoms with Gasteiger partial charge in [-0.25, -0.2) is 33.3 Å². The van der Waals surface area contributed by atoms with Crippen LogP contribution in [0.15, 0.2) is 48.9 Å². The van der Waals surface area contributed by atoms with Crippen LogP contribution in [-0.4, -0.2) is 103 Å². The highest BCUT2D eigenvalue weighted by Crippen LogP contribution is 2.51. The number of imidazole rings is 2. The van der Waals surface area contributed by atoms with Gasteiger partial charge in [0.1, 0.15) is 35.3 Å². The summed E-state index contributed by atoms with van der Waals surface area (Å²) in [4.78, 5) is 76.8. The summed E-state index contributed by atoms with van der Waals surface area (Å²) >= 11 is 1.50. The van der Waals surface area contributed by atoms with Gasteiger partial charge < -0.3 is 44.6 Å². The molecule has 4 aromatic heterocycles. The van der Waals surface area contributed by atoms with Crippen LogP contribution in [0, 0.1) is 23.5 Å². The van der Waals surface area contributed by atoms with Crippen molar-refractivity contribution in [2.45, 2.75) is 103 Å². The Balaban J connectivity index is 0.981. The number of H-pyrrole nitrogens is 2. The molecule has 2 aromatic carbocycles. The lowest BCUT2D eigenvalue weighted by Crippen LogP contribution is -2.51. The van der Waals surface area contributed by atoms with Crippen LogP contribution in [0.4, 0.5) is 18.4 Å². The highest BCUT2D eigenvalue weighted by molar-refractivity contribution is 7.11. The molecule has 362 valence electrons. The van der Waals surface area contributed by atoms with Gasteiger partial charge in [-0.3, -0.25) is 14.2 Å². The van der Waals surface area contributed by atoms with Crippen molar-refractivity contribution >= 4 is 46.2 Å². The third-order valence-corrected chi connectivity index (χ3v) is 14.9. The maximum atomic E-state index is 17.4. The van der Waals surface area contributed by atoms with Crippen molar-refractivity contribution in [1.29, 1.82) is 0 Å². The molecular weight excluding hydrogens is 911 g/mol. The Hall–Kier alpha value is -6.83. The molecule has 5 atom stereocenters. The van der Waals surface area contributed by atoms with E-state index in [-0.39, 0.29) is 52.1 Å². The van der Waals surface area contributed by atoms with E-state index < -0.39 is 48.2 Å². The Morgan fingerprint density at radius 1 is 0.768 bits per heavy atom. The van der Waals surface area contributed by atoms with Gasteiger partial charge >= 0.3 is 12.2 Å². The number of nitrogens with zero attached hydrogens (tertiary/aromatic N) is 6. The lowest BCUT2D eigenvalue weighted by molar-refractivity contribution is -0.136. The molecule has 0 spiro atoms. The molecule has 10 rings (SSSR count). The predicted molar refractivity (Wildman–Crippen MR) is 251 cm³/mol. The summed E-state index contributed by atoms with van der Waals surface area (Å²) in [5.41, 5.74) is 2.63. The fourth-order valence-electron chi connectivity index (χ4n) is 9.96. The quantitative estimate of drug-likeness (QED) is 0.0919. The molecule has 3 unspecified atom stereocenters. The van der Waals surface area contributed by atoms with Gasteiger partial charge in [-0.2, -0.15) is 0 Å². The average Bonchev–Trinajstić information content (AvgIpc) is 4.05. The smallest absolute Gasteiger partial charge is 0.407 e. The molecule has 69 heavy (non-hydrogen) atoms. The third kappa shape index (κ3) is 8.35. The SMILES string of the molecule is COC(=O)NC(C(=O)N1CCC[C@H]1c1ncc(-c2ccc3c(c2)c(F)c2n3C(c3cnc(C4CC4)s3)Oc3cc(-c4cnc(C5CCCN5C(=O)[C@@H](NC(=O)OC)C(C)C)[nH]4)cc(F)c3-2)[nH]1)C(C)C. The monoisotopic (exact) mass is 964 g/mol. The summed E-state index contributed by atoms with van der Waals surface area (Å²) in [5.74, 6) is -0.616. The summed E-state index contributed by atoms with van der Waals surface area (Å²) in [6, 6.07) is 6.00.